The first-order valence-electron chi connectivity index (χ1n) is 6.89. The summed E-state index contributed by atoms with van der Waals surface area (Å²) in [5.41, 5.74) is 1.05. The van der Waals surface area contributed by atoms with Gasteiger partial charge in [0.05, 0.1) is 0 Å². The molecule has 0 saturated heterocycles. The molecule has 0 aliphatic rings. The normalized spacial score (nSPS) is 11.0. The lowest BCUT2D eigenvalue weighted by molar-refractivity contribution is 0.677. The van der Waals surface area contributed by atoms with Gasteiger partial charge in [-0.1, -0.05) is 20.8 Å². The summed E-state index contributed by atoms with van der Waals surface area (Å²) in [5, 5.41) is 3.35. The molecule has 102 valence electrons. The first kappa shape index (κ1) is 14.9. The van der Waals surface area contributed by atoms with E-state index in [1.54, 1.807) is 0 Å². The molecule has 1 aromatic rings. The molecule has 18 heavy (non-hydrogen) atoms. The molecule has 1 heterocycles. The Morgan fingerprint density at radius 3 is 2.56 bits per heavy atom. The van der Waals surface area contributed by atoms with Crippen LogP contribution in [-0.4, -0.2) is 36.1 Å². The number of anilines is 1. The molecule has 0 aromatic carbocycles. The van der Waals surface area contributed by atoms with Gasteiger partial charge in [0.15, 0.2) is 0 Å². The van der Waals surface area contributed by atoms with Crippen molar-refractivity contribution in [2.45, 2.75) is 40.5 Å². The Hall–Kier alpha value is -1.16. The van der Waals surface area contributed by atoms with Gasteiger partial charge in [-0.05, 0) is 20.4 Å². The molecule has 0 aliphatic carbocycles. The maximum Gasteiger partial charge on any atom is 0.133 e. The summed E-state index contributed by atoms with van der Waals surface area (Å²) in [5.74, 6) is 2.36. The van der Waals surface area contributed by atoms with E-state index in [0.29, 0.717) is 5.92 Å². The van der Waals surface area contributed by atoms with Crippen LogP contribution in [0.4, 0.5) is 5.82 Å². The quantitative estimate of drug-likeness (QED) is 0.754. The average Bonchev–Trinajstić information content (AvgIpc) is 2.34. The van der Waals surface area contributed by atoms with E-state index < -0.39 is 0 Å². The minimum absolute atomic E-state index is 0.371. The van der Waals surface area contributed by atoms with E-state index in [4.69, 9.17) is 0 Å². The molecule has 0 fully saturated rings. The Bertz CT molecular complexity index is 363. The molecule has 1 N–H and O–H groups in total. The highest BCUT2D eigenvalue weighted by Crippen LogP contribution is 2.16. The molecule has 0 amide bonds. The predicted octanol–water partition coefficient (Wildman–Crippen LogP) is 2.34. The summed E-state index contributed by atoms with van der Waals surface area (Å²) >= 11 is 0. The summed E-state index contributed by atoms with van der Waals surface area (Å²) < 4.78 is 0. The summed E-state index contributed by atoms with van der Waals surface area (Å²) in [6, 6.07) is 2.07. The first-order chi connectivity index (χ1) is 8.58. The highest BCUT2D eigenvalue weighted by atomic mass is 15.2. The third-order valence-electron chi connectivity index (χ3n) is 2.89. The Morgan fingerprint density at radius 1 is 1.28 bits per heavy atom. The van der Waals surface area contributed by atoms with Crippen molar-refractivity contribution in [2.75, 3.05) is 31.1 Å². The lowest BCUT2D eigenvalue weighted by atomic mass is 10.2. The van der Waals surface area contributed by atoms with E-state index in [0.717, 1.165) is 43.5 Å². The highest BCUT2D eigenvalue weighted by Gasteiger charge is 2.10. The molecular formula is C14H26N4. The topological polar surface area (TPSA) is 41.0 Å². The fourth-order valence-corrected chi connectivity index (χ4v) is 1.82. The van der Waals surface area contributed by atoms with Crippen LogP contribution in [0.3, 0.4) is 0 Å². The summed E-state index contributed by atoms with van der Waals surface area (Å²) in [6.07, 6.45) is 0. The Labute approximate surface area is 111 Å². The monoisotopic (exact) mass is 250 g/mol. The highest BCUT2D eigenvalue weighted by molar-refractivity contribution is 5.39. The molecule has 0 bridgehead atoms. The molecule has 0 radical (unpaired) electrons. The van der Waals surface area contributed by atoms with E-state index >= 15 is 0 Å². The average molecular weight is 250 g/mol. The molecule has 4 nitrogen and oxygen atoms in total. The van der Waals surface area contributed by atoms with Crippen LogP contribution in [-0.2, 0) is 0 Å². The third kappa shape index (κ3) is 4.26. The van der Waals surface area contributed by atoms with E-state index in [2.05, 4.69) is 53.9 Å². The second kappa shape index (κ2) is 7.31. The Kier molecular flexibility index (Phi) is 6.05. The number of hydrogen-bond acceptors (Lipinski definition) is 4. The minimum Gasteiger partial charge on any atom is -0.356 e. The second-order valence-corrected chi connectivity index (χ2v) is 4.81. The second-order valence-electron chi connectivity index (χ2n) is 4.81. The van der Waals surface area contributed by atoms with Crippen molar-refractivity contribution >= 4 is 5.82 Å². The Morgan fingerprint density at radius 2 is 2.00 bits per heavy atom. The molecule has 4 heteroatoms. The molecule has 0 saturated carbocycles. The van der Waals surface area contributed by atoms with Crippen LogP contribution in [0, 0.1) is 6.92 Å². The van der Waals surface area contributed by atoms with Gasteiger partial charge >= 0.3 is 0 Å². The molecule has 0 spiro atoms. The van der Waals surface area contributed by atoms with Gasteiger partial charge in [-0.15, -0.1) is 0 Å². The van der Waals surface area contributed by atoms with Crippen molar-refractivity contribution in [1.29, 1.82) is 0 Å². The molecule has 0 unspecified atom stereocenters. The van der Waals surface area contributed by atoms with Crippen LogP contribution in [0.2, 0.25) is 0 Å². The fraction of sp³-hybridized carbons (Fsp3) is 0.714. The van der Waals surface area contributed by atoms with E-state index in [-0.39, 0.29) is 0 Å². The van der Waals surface area contributed by atoms with Crippen molar-refractivity contribution in [2.24, 2.45) is 0 Å². The van der Waals surface area contributed by atoms with Crippen molar-refractivity contribution in [3.8, 4) is 0 Å². The summed E-state index contributed by atoms with van der Waals surface area (Å²) in [7, 11) is 0. The van der Waals surface area contributed by atoms with Gasteiger partial charge in [0.25, 0.3) is 0 Å². The fourth-order valence-electron chi connectivity index (χ4n) is 1.82. The van der Waals surface area contributed by atoms with Gasteiger partial charge in [0.2, 0.25) is 0 Å². The van der Waals surface area contributed by atoms with Gasteiger partial charge in [-0.3, -0.25) is 0 Å². The van der Waals surface area contributed by atoms with Crippen molar-refractivity contribution in [3.63, 3.8) is 0 Å². The maximum absolute atomic E-state index is 4.67. The van der Waals surface area contributed by atoms with E-state index in [1.807, 2.05) is 6.92 Å². The molecule has 1 rings (SSSR count). The maximum atomic E-state index is 4.67. The zero-order chi connectivity index (χ0) is 13.5. The van der Waals surface area contributed by atoms with Gasteiger partial charge in [0, 0.05) is 37.3 Å². The SMILES string of the molecule is CCNCCN(CC)c1cc(C)nc(C(C)C)n1. The first-order valence-corrected chi connectivity index (χ1v) is 6.89. The minimum atomic E-state index is 0.371. The molecule has 0 aliphatic heterocycles. The van der Waals surface area contributed by atoms with E-state index in [1.165, 1.54) is 0 Å². The number of aryl methyl sites for hydroxylation is 1. The van der Waals surface area contributed by atoms with Gasteiger partial charge in [-0.2, -0.15) is 0 Å². The number of aromatic nitrogens is 2. The van der Waals surface area contributed by atoms with Gasteiger partial charge < -0.3 is 10.2 Å². The largest absolute Gasteiger partial charge is 0.356 e. The summed E-state index contributed by atoms with van der Waals surface area (Å²) in [6.45, 7) is 14.6. The number of rotatable bonds is 7. The number of hydrogen-bond donors (Lipinski definition) is 1. The van der Waals surface area contributed by atoms with Crippen molar-refractivity contribution in [3.05, 3.63) is 17.6 Å². The number of nitrogens with zero attached hydrogens (tertiary/aromatic N) is 3. The number of nitrogens with one attached hydrogen (secondary N) is 1. The molecular weight excluding hydrogens is 224 g/mol. The van der Waals surface area contributed by atoms with Crippen molar-refractivity contribution in [1.82, 2.24) is 15.3 Å². The molecule has 0 atom stereocenters. The smallest absolute Gasteiger partial charge is 0.133 e. The zero-order valence-electron chi connectivity index (χ0n) is 12.3. The molecule has 1 aromatic heterocycles. The van der Waals surface area contributed by atoms with Crippen LogP contribution in [0.5, 0.6) is 0 Å². The lowest BCUT2D eigenvalue weighted by Crippen LogP contribution is -2.32. The standard InChI is InChI=1S/C14H26N4/c1-6-15-8-9-18(7-2)13-10-12(5)16-14(17-13)11(3)4/h10-11,15H,6-9H2,1-5H3. The van der Waals surface area contributed by atoms with Crippen molar-refractivity contribution < 1.29 is 0 Å². The lowest BCUT2D eigenvalue weighted by Gasteiger charge is -2.23. The van der Waals surface area contributed by atoms with E-state index in [9.17, 15) is 0 Å². The van der Waals surface area contributed by atoms with Crippen LogP contribution < -0.4 is 10.2 Å². The third-order valence-corrected chi connectivity index (χ3v) is 2.89. The number of likely N-dealkylation sites (N-methyl/N-ethyl adjacent to an activating group) is 2. The van der Waals surface area contributed by atoms with Crippen LogP contribution >= 0.6 is 0 Å². The summed E-state index contributed by atoms with van der Waals surface area (Å²) in [4.78, 5) is 11.5. The van der Waals surface area contributed by atoms with Crippen LogP contribution in [0.15, 0.2) is 6.07 Å². The van der Waals surface area contributed by atoms with Gasteiger partial charge in [-0.25, -0.2) is 9.97 Å². The Balaban J connectivity index is 2.84. The predicted molar refractivity (Wildman–Crippen MR) is 77.3 cm³/mol. The van der Waals surface area contributed by atoms with Gasteiger partial charge in [0.1, 0.15) is 11.6 Å². The van der Waals surface area contributed by atoms with Crippen LogP contribution in [0.25, 0.3) is 0 Å². The van der Waals surface area contributed by atoms with Crippen LogP contribution in [0.1, 0.15) is 45.1 Å². The zero-order valence-corrected chi connectivity index (χ0v) is 12.3.